The number of nitriles is 1. The molecule has 0 saturated heterocycles. The van der Waals surface area contributed by atoms with Crippen LogP contribution in [0.2, 0.25) is 0 Å². The minimum Gasteiger partial charge on any atom is -0.313 e. The molecule has 0 amide bonds. The van der Waals surface area contributed by atoms with Gasteiger partial charge in [-0.05, 0) is 67.4 Å². The molecule has 0 atom stereocenters. The zero-order valence-electron chi connectivity index (χ0n) is 16.5. The largest absolute Gasteiger partial charge is 0.313 e. The maximum Gasteiger partial charge on any atom is 0.123 e. The number of hydrogen-bond donors (Lipinski definition) is 0. The van der Waals surface area contributed by atoms with E-state index in [1.54, 1.807) is 18.2 Å². The third-order valence-corrected chi connectivity index (χ3v) is 5.79. The van der Waals surface area contributed by atoms with Crippen molar-refractivity contribution in [1.82, 2.24) is 9.47 Å². The van der Waals surface area contributed by atoms with Crippen molar-refractivity contribution in [2.75, 3.05) is 13.1 Å². The Morgan fingerprint density at radius 3 is 2.48 bits per heavy atom. The topological polar surface area (TPSA) is 32.0 Å². The van der Waals surface area contributed by atoms with Gasteiger partial charge in [-0.2, -0.15) is 5.26 Å². The second-order valence-corrected chi connectivity index (χ2v) is 7.75. The average molecular weight is 393 g/mol. The van der Waals surface area contributed by atoms with E-state index in [9.17, 15) is 8.78 Å². The summed E-state index contributed by atoms with van der Waals surface area (Å²) in [5.74, 6) is -0.489. The van der Waals surface area contributed by atoms with E-state index in [0.717, 1.165) is 68.3 Å². The maximum atomic E-state index is 14.0. The number of rotatable bonds is 7. The van der Waals surface area contributed by atoms with Crippen LogP contribution in [-0.2, 0) is 13.0 Å². The quantitative estimate of drug-likeness (QED) is 0.479. The molecule has 0 fully saturated rings. The minimum absolute atomic E-state index is 0.230. The van der Waals surface area contributed by atoms with Crippen molar-refractivity contribution in [2.24, 2.45) is 0 Å². The molecule has 29 heavy (non-hydrogen) atoms. The van der Waals surface area contributed by atoms with Crippen molar-refractivity contribution in [1.29, 1.82) is 5.26 Å². The summed E-state index contributed by atoms with van der Waals surface area (Å²) in [6.45, 7) is 2.79. The summed E-state index contributed by atoms with van der Waals surface area (Å²) in [4.78, 5) is 2.44. The zero-order valence-corrected chi connectivity index (χ0v) is 16.5. The van der Waals surface area contributed by atoms with Crippen molar-refractivity contribution >= 4 is 10.9 Å². The van der Waals surface area contributed by atoms with E-state index in [1.165, 1.54) is 29.5 Å². The van der Waals surface area contributed by atoms with Crippen molar-refractivity contribution in [3.63, 3.8) is 0 Å². The normalized spacial score (nSPS) is 14.1. The van der Waals surface area contributed by atoms with E-state index in [1.807, 2.05) is 6.07 Å². The van der Waals surface area contributed by atoms with Gasteiger partial charge in [0.25, 0.3) is 0 Å². The summed E-state index contributed by atoms with van der Waals surface area (Å²) >= 11 is 0. The third kappa shape index (κ3) is 4.18. The lowest BCUT2D eigenvalue weighted by Gasteiger charge is -2.28. The number of benzene rings is 2. The highest BCUT2D eigenvalue weighted by molar-refractivity contribution is 5.87. The molecule has 3 aromatic rings. The van der Waals surface area contributed by atoms with Crippen LogP contribution in [0.15, 0.2) is 42.5 Å². The molecule has 0 unspecified atom stereocenters. The first-order valence-electron chi connectivity index (χ1n) is 10.3. The highest BCUT2D eigenvalue weighted by Crippen LogP contribution is 2.34. The SMILES string of the molecule is N#CCCCCCCN1CCc2c(c3cc(F)ccc3n2-c2ccc(F)cc2)C1. The number of aromatic nitrogens is 1. The van der Waals surface area contributed by atoms with Crippen molar-refractivity contribution < 1.29 is 8.78 Å². The van der Waals surface area contributed by atoms with Crippen LogP contribution in [0.3, 0.4) is 0 Å². The summed E-state index contributed by atoms with van der Waals surface area (Å²) in [5.41, 5.74) is 4.26. The van der Waals surface area contributed by atoms with Crippen LogP contribution < -0.4 is 0 Å². The molecule has 150 valence electrons. The standard InChI is InChI=1S/C24H25F2N3/c25-18-6-9-20(10-7-18)29-23-11-8-19(26)16-21(23)22-17-28(15-12-24(22)29)14-5-3-1-2-4-13-27/h6-11,16H,1-5,12,14-15,17H2. The van der Waals surface area contributed by atoms with E-state index < -0.39 is 0 Å². The Hall–Kier alpha value is -2.71. The number of fused-ring (bicyclic) bond motifs is 3. The van der Waals surface area contributed by atoms with Gasteiger partial charge < -0.3 is 4.57 Å². The van der Waals surface area contributed by atoms with Crippen LogP contribution in [0.5, 0.6) is 0 Å². The van der Waals surface area contributed by atoms with Crippen molar-refractivity contribution in [3.05, 3.63) is 65.4 Å². The van der Waals surface area contributed by atoms with Gasteiger partial charge >= 0.3 is 0 Å². The lowest BCUT2D eigenvalue weighted by molar-refractivity contribution is 0.247. The van der Waals surface area contributed by atoms with Crippen LogP contribution in [0.4, 0.5) is 8.78 Å². The first kappa shape index (κ1) is 19.6. The summed E-state index contributed by atoms with van der Waals surface area (Å²) in [6.07, 6.45) is 5.86. The molecule has 1 aliphatic heterocycles. The first-order valence-corrected chi connectivity index (χ1v) is 10.3. The van der Waals surface area contributed by atoms with Gasteiger partial charge in [-0.1, -0.05) is 12.8 Å². The monoisotopic (exact) mass is 393 g/mol. The van der Waals surface area contributed by atoms with Crippen LogP contribution in [-0.4, -0.2) is 22.6 Å². The molecule has 0 saturated carbocycles. The molecule has 3 nitrogen and oxygen atoms in total. The Morgan fingerprint density at radius 1 is 0.931 bits per heavy atom. The van der Waals surface area contributed by atoms with Gasteiger partial charge in [0.05, 0.1) is 11.6 Å². The van der Waals surface area contributed by atoms with Crippen molar-refractivity contribution in [3.8, 4) is 11.8 Å². The Kier molecular flexibility index (Phi) is 5.92. The van der Waals surface area contributed by atoms with E-state index >= 15 is 0 Å². The fraction of sp³-hybridized carbons (Fsp3) is 0.375. The molecular weight excluding hydrogens is 368 g/mol. The van der Waals surface area contributed by atoms with Gasteiger partial charge in [0.1, 0.15) is 11.6 Å². The predicted octanol–water partition coefficient (Wildman–Crippen LogP) is 5.74. The molecule has 1 aliphatic rings. The maximum absolute atomic E-state index is 14.0. The van der Waals surface area contributed by atoms with Crippen LogP contribution in [0.25, 0.3) is 16.6 Å². The summed E-state index contributed by atoms with van der Waals surface area (Å²) < 4.78 is 29.6. The van der Waals surface area contributed by atoms with E-state index in [2.05, 4.69) is 15.5 Å². The molecule has 4 rings (SSSR count). The van der Waals surface area contributed by atoms with Crippen molar-refractivity contribution in [2.45, 2.75) is 45.1 Å². The van der Waals surface area contributed by atoms with Crippen LogP contribution in [0.1, 0.15) is 43.4 Å². The van der Waals surface area contributed by atoms with Gasteiger partial charge in [-0.25, -0.2) is 8.78 Å². The Balaban J connectivity index is 1.58. The third-order valence-electron chi connectivity index (χ3n) is 5.79. The Bertz CT molecular complexity index is 1030. The second-order valence-electron chi connectivity index (χ2n) is 7.75. The summed E-state index contributed by atoms with van der Waals surface area (Å²) in [6, 6.07) is 13.6. The summed E-state index contributed by atoms with van der Waals surface area (Å²) in [7, 11) is 0. The molecule has 0 N–H and O–H groups in total. The number of unbranched alkanes of at least 4 members (excludes halogenated alkanes) is 4. The number of halogens is 2. The minimum atomic E-state index is -0.258. The highest BCUT2D eigenvalue weighted by Gasteiger charge is 2.24. The lowest BCUT2D eigenvalue weighted by atomic mass is 10.0. The van der Waals surface area contributed by atoms with Gasteiger partial charge in [0.15, 0.2) is 0 Å². The Labute approximate surface area is 170 Å². The van der Waals surface area contributed by atoms with Gasteiger partial charge in [0.2, 0.25) is 0 Å². The van der Waals surface area contributed by atoms with E-state index in [0.29, 0.717) is 6.42 Å². The number of hydrogen-bond acceptors (Lipinski definition) is 2. The molecule has 5 heteroatoms. The molecule has 0 aliphatic carbocycles. The zero-order chi connectivity index (χ0) is 20.2. The molecule has 0 radical (unpaired) electrons. The first-order chi connectivity index (χ1) is 14.2. The Morgan fingerprint density at radius 2 is 1.69 bits per heavy atom. The molecule has 2 heterocycles. The molecule has 1 aromatic heterocycles. The average Bonchev–Trinajstić information content (AvgIpc) is 3.04. The van der Waals surface area contributed by atoms with Crippen LogP contribution >= 0.6 is 0 Å². The molecule has 0 spiro atoms. The van der Waals surface area contributed by atoms with Crippen LogP contribution in [0, 0.1) is 23.0 Å². The highest BCUT2D eigenvalue weighted by atomic mass is 19.1. The predicted molar refractivity (Wildman–Crippen MR) is 111 cm³/mol. The lowest BCUT2D eigenvalue weighted by Crippen LogP contribution is -2.31. The van der Waals surface area contributed by atoms with Gasteiger partial charge in [-0.15, -0.1) is 0 Å². The fourth-order valence-electron chi connectivity index (χ4n) is 4.36. The van der Waals surface area contributed by atoms with E-state index in [4.69, 9.17) is 5.26 Å². The fourth-order valence-corrected chi connectivity index (χ4v) is 4.36. The van der Waals surface area contributed by atoms with Gasteiger partial charge in [-0.3, -0.25) is 4.90 Å². The molecule has 0 bridgehead atoms. The number of nitrogens with zero attached hydrogens (tertiary/aromatic N) is 3. The smallest absolute Gasteiger partial charge is 0.123 e. The van der Waals surface area contributed by atoms with E-state index in [-0.39, 0.29) is 11.6 Å². The molecule has 2 aromatic carbocycles. The molecular formula is C24H25F2N3. The second kappa shape index (κ2) is 8.75. The summed E-state index contributed by atoms with van der Waals surface area (Å²) in [5, 5.41) is 9.57. The van der Waals surface area contributed by atoms with Gasteiger partial charge in [0, 0.05) is 42.7 Å².